The molecule has 166 valence electrons. The van der Waals surface area contributed by atoms with E-state index in [-0.39, 0.29) is 34.6 Å². The predicted octanol–water partition coefficient (Wildman–Crippen LogP) is 3.88. The molecule has 1 amide bonds. The quantitative estimate of drug-likeness (QED) is 0.627. The van der Waals surface area contributed by atoms with Crippen molar-refractivity contribution in [2.75, 3.05) is 34.4 Å². The van der Waals surface area contributed by atoms with Gasteiger partial charge in [-0.2, -0.15) is 4.99 Å². The van der Waals surface area contributed by atoms with Crippen molar-refractivity contribution in [3.63, 3.8) is 0 Å². The standard InChI is InChI=1S/C22H33N3O3S2/c1-6-16(7-2)21(26)23-22-25(19-13-30(27,28)14-20(19)29-22)18-11-10-17(12-15(18)5)24(8-3)9-4/h10-12,16,19-20H,6-9,13-14H2,1-5H3/t19-,20-/m1/s1. The molecule has 0 aliphatic carbocycles. The second-order valence-corrected chi connectivity index (χ2v) is 11.4. The van der Waals surface area contributed by atoms with E-state index in [1.54, 1.807) is 0 Å². The van der Waals surface area contributed by atoms with Crippen molar-refractivity contribution >= 4 is 44.0 Å². The van der Waals surface area contributed by atoms with Gasteiger partial charge >= 0.3 is 0 Å². The van der Waals surface area contributed by atoms with E-state index >= 15 is 0 Å². The number of nitrogens with zero attached hydrogens (tertiary/aromatic N) is 3. The lowest BCUT2D eigenvalue weighted by molar-refractivity contribution is -0.121. The lowest BCUT2D eigenvalue weighted by Gasteiger charge is -2.28. The zero-order valence-corrected chi connectivity index (χ0v) is 20.2. The SMILES string of the molecule is CCC(CC)C(=O)N=C1S[C@@H]2CS(=O)(=O)C[C@H]2N1c1ccc(N(CC)CC)cc1C. The number of aliphatic imine (C=N–C) groups is 1. The summed E-state index contributed by atoms with van der Waals surface area (Å²) in [5.41, 5.74) is 3.15. The molecule has 1 aromatic carbocycles. The van der Waals surface area contributed by atoms with Gasteiger partial charge in [0.05, 0.1) is 17.5 Å². The molecule has 2 aliphatic rings. The molecule has 0 N–H and O–H groups in total. The molecule has 2 heterocycles. The number of amidine groups is 1. The number of carbonyl (C=O) groups is 1. The molecule has 1 aromatic rings. The first-order valence-corrected chi connectivity index (χ1v) is 13.6. The minimum Gasteiger partial charge on any atom is -0.372 e. The summed E-state index contributed by atoms with van der Waals surface area (Å²) in [5.74, 6) is 0.0660. The van der Waals surface area contributed by atoms with Crippen LogP contribution in [0.2, 0.25) is 0 Å². The molecule has 6 nitrogen and oxygen atoms in total. The molecule has 0 unspecified atom stereocenters. The Labute approximate surface area is 185 Å². The molecule has 3 rings (SSSR count). The fraction of sp³-hybridized carbons (Fsp3) is 0.636. The summed E-state index contributed by atoms with van der Waals surface area (Å²) >= 11 is 1.45. The first-order chi connectivity index (χ1) is 14.2. The topological polar surface area (TPSA) is 70.0 Å². The molecule has 0 bridgehead atoms. The van der Waals surface area contributed by atoms with Gasteiger partial charge in [-0.05, 0) is 57.4 Å². The minimum absolute atomic E-state index is 0.0786. The first-order valence-electron chi connectivity index (χ1n) is 10.9. The fourth-order valence-electron chi connectivity index (χ4n) is 4.37. The number of anilines is 2. The van der Waals surface area contributed by atoms with Gasteiger partial charge in [-0.1, -0.05) is 25.6 Å². The summed E-state index contributed by atoms with van der Waals surface area (Å²) < 4.78 is 24.6. The van der Waals surface area contributed by atoms with Crippen LogP contribution in [0, 0.1) is 12.8 Å². The number of aryl methyl sites for hydroxylation is 1. The van der Waals surface area contributed by atoms with Gasteiger partial charge in [0.2, 0.25) is 0 Å². The molecule has 0 aromatic heterocycles. The maximum atomic E-state index is 12.7. The maximum absolute atomic E-state index is 12.7. The van der Waals surface area contributed by atoms with E-state index in [4.69, 9.17) is 0 Å². The summed E-state index contributed by atoms with van der Waals surface area (Å²) in [6.07, 6.45) is 1.52. The molecular weight excluding hydrogens is 418 g/mol. The van der Waals surface area contributed by atoms with Crippen molar-refractivity contribution in [3.8, 4) is 0 Å². The number of rotatable bonds is 7. The highest BCUT2D eigenvalue weighted by Crippen LogP contribution is 2.42. The Morgan fingerprint density at radius 3 is 2.43 bits per heavy atom. The predicted molar refractivity (Wildman–Crippen MR) is 128 cm³/mol. The van der Waals surface area contributed by atoms with Crippen LogP contribution in [0.3, 0.4) is 0 Å². The van der Waals surface area contributed by atoms with Crippen LogP contribution < -0.4 is 9.80 Å². The summed E-state index contributed by atoms with van der Waals surface area (Å²) in [6, 6.07) is 6.10. The van der Waals surface area contributed by atoms with Gasteiger partial charge in [-0.15, -0.1) is 0 Å². The van der Waals surface area contributed by atoms with Gasteiger partial charge in [0.1, 0.15) is 0 Å². The van der Waals surface area contributed by atoms with Crippen LogP contribution in [0.4, 0.5) is 11.4 Å². The van der Waals surface area contributed by atoms with E-state index in [9.17, 15) is 13.2 Å². The normalized spacial score (nSPS) is 23.9. The Kier molecular flexibility index (Phi) is 7.17. The minimum atomic E-state index is -3.08. The maximum Gasteiger partial charge on any atom is 0.251 e. The molecule has 0 spiro atoms. The fourth-order valence-corrected chi connectivity index (χ4v) is 8.28. The van der Waals surface area contributed by atoms with Crippen LogP contribution in [0.15, 0.2) is 23.2 Å². The molecule has 2 fully saturated rings. The van der Waals surface area contributed by atoms with Crippen molar-refractivity contribution in [3.05, 3.63) is 23.8 Å². The van der Waals surface area contributed by atoms with E-state index in [0.29, 0.717) is 5.17 Å². The van der Waals surface area contributed by atoms with Crippen LogP contribution in [-0.2, 0) is 14.6 Å². The van der Waals surface area contributed by atoms with E-state index in [2.05, 4.69) is 35.9 Å². The number of benzene rings is 1. The van der Waals surface area contributed by atoms with E-state index < -0.39 is 9.84 Å². The van der Waals surface area contributed by atoms with E-state index in [1.165, 1.54) is 11.8 Å². The summed E-state index contributed by atoms with van der Waals surface area (Å²) in [4.78, 5) is 21.5. The Morgan fingerprint density at radius 1 is 1.20 bits per heavy atom. The zero-order valence-electron chi connectivity index (χ0n) is 18.6. The number of fused-ring (bicyclic) bond motifs is 1. The molecule has 0 radical (unpaired) electrons. The van der Waals surface area contributed by atoms with Crippen molar-refractivity contribution in [2.24, 2.45) is 10.9 Å². The second kappa shape index (κ2) is 9.30. The van der Waals surface area contributed by atoms with Gasteiger partial charge in [-0.3, -0.25) is 4.79 Å². The van der Waals surface area contributed by atoms with Crippen LogP contribution in [0.25, 0.3) is 0 Å². The van der Waals surface area contributed by atoms with Crippen LogP contribution in [0.1, 0.15) is 46.1 Å². The van der Waals surface area contributed by atoms with Crippen molar-refractivity contribution in [2.45, 2.75) is 58.8 Å². The number of sulfone groups is 1. The average Bonchev–Trinajstić information content (AvgIpc) is 3.15. The smallest absolute Gasteiger partial charge is 0.251 e. The summed E-state index contributed by atoms with van der Waals surface area (Å²) in [7, 11) is -3.08. The Morgan fingerprint density at radius 2 is 1.87 bits per heavy atom. The largest absolute Gasteiger partial charge is 0.372 e. The van der Waals surface area contributed by atoms with E-state index in [0.717, 1.165) is 42.9 Å². The van der Waals surface area contributed by atoms with E-state index in [1.807, 2.05) is 31.7 Å². The number of thioether (sulfide) groups is 1. The summed E-state index contributed by atoms with van der Waals surface area (Å²) in [6.45, 7) is 12.2. The van der Waals surface area contributed by atoms with Gasteiger partial charge in [0, 0.05) is 35.6 Å². The second-order valence-electron chi connectivity index (χ2n) is 8.06. The lowest BCUT2D eigenvalue weighted by Crippen LogP contribution is -2.38. The molecule has 2 aliphatic heterocycles. The highest BCUT2D eigenvalue weighted by atomic mass is 32.2. The third kappa shape index (κ3) is 4.54. The third-order valence-electron chi connectivity index (χ3n) is 6.18. The lowest BCUT2D eigenvalue weighted by atomic mass is 10.0. The summed E-state index contributed by atoms with van der Waals surface area (Å²) in [5, 5.41) is 0.570. The van der Waals surface area contributed by atoms with Crippen molar-refractivity contribution < 1.29 is 13.2 Å². The zero-order chi connectivity index (χ0) is 22.1. The number of hydrogen-bond acceptors (Lipinski definition) is 5. The highest BCUT2D eigenvalue weighted by molar-refractivity contribution is 8.16. The molecule has 30 heavy (non-hydrogen) atoms. The van der Waals surface area contributed by atoms with Crippen LogP contribution in [-0.4, -0.2) is 55.4 Å². The highest BCUT2D eigenvalue weighted by Gasteiger charge is 2.49. The number of amides is 1. The first kappa shape index (κ1) is 23.1. The molecule has 2 saturated heterocycles. The van der Waals surface area contributed by atoms with Gasteiger partial charge in [0.25, 0.3) is 5.91 Å². The van der Waals surface area contributed by atoms with Crippen LogP contribution >= 0.6 is 11.8 Å². The Balaban J connectivity index is 2.01. The molecule has 0 saturated carbocycles. The van der Waals surface area contributed by atoms with Gasteiger partial charge in [0.15, 0.2) is 15.0 Å². The average molecular weight is 452 g/mol. The Hall–Kier alpha value is -1.54. The van der Waals surface area contributed by atoms with Gasteiger partial charge < -0.3 is 9.80 Å². The van der Waals surface area contributed by atoms with Crippen molar-refractivity contribution in [1.29, 1.82) is 0 Å². The van der Waals surface area contributed by atoms with Crippen LogP contribution in [0.5, 0.6) is 0 Å². The molecule has 8 heteroatoms. The Bertz CT molecular complexity index is 922. The third-order valence-corrected chi connectivity index (χ3v) is 9.39. The van der Waals surface area contributed by atoms with Gasteiger partial charge in [-0.25, -0.2) is 8.42 Å². The number of hydrogen-bond donors (Lipinski definition) is 0. The molecular formula is C22H33N3O3S2. The number of carbonyl (C=O) groups excluding carboxylic acids is 1. The van der Waals surface area contributed by atoms with Crippen molar-refractivity contribution in [1.82, 2.24) is 0 Å². The molecule has 2 atom stereocenters. The monoisotopic (exact) mass is 451 g/mol.